The van der Waals surface area contributed by atoms with Crippen LogP contribution in [0.5, 0.6) is 0 Å². The molecule has 0 bridgehead atoms. The first-order chi connectivity index (χ1) is 16.3. The number of thiocarbonyl (C=S) groups is 1. The summed E-state index contributed by atoms with van der Waals surface area (Å²) in [5.74, 6) is -2.96. The van der Waals surface area contributed by atoms with Gasteiger partial charge in [0.1, 0.15) is 0 Å². The number of ether oxygens (including phenoxy) is 1. The quantitative estimate of drug-likeness (QED) is 0.215. The number of isothiocyanates is 1. The summed E-state index contributed by atoms with van der Waals surface area (Å²) in [4.78, 5) is 43.5. The molecule has 1 atom stereocenters. The van der Waals surface area contributed by atoms with Gasteiger partial charge in [-0.3, -0.25) is 29.1 Å². The van der Waals surface area contributed by atoms with Gasteiger partial charge in [0.2, 0.25) is 0 Å². The average molecular weight is 562 g/mol. The zero-order valence-electron chi connectivity index (χ0n) is 19.4. The van der Waals surface area contributed by atoms with Crippen LogP contribution >= 0.6 is 12.2 Å². The Hall–Kier alpha value is -2.09. The summed E-state index contributed by atoms with van der Waals surface area (Å²) in [6, 6.07) is 6.99. The third kappa shape index (κ3) is 12.4. The van der Waals surface area contributed by atoms with Crippen molar-refractivity contribution >= 4 is 60.8 Å². The van der Waals surface area contributed by atoms with E-state index in [0.717, 1.165) is 5.56 Å². The van der Waals surface area contributed by atoms with Crippen molar-refractivity contribution in [1.29, 1.82) is 0 Å². The van der Waals surface area contributed by atoms with Crippen molar-refractivity contribution in [2.24, 2.45) is 4.99 Å². The number of hydrogen-bond acceptors (Lipinski definition) is 9. The smallest absolute Gasteiger partial charge is 0.317 e. The molecule has 35 heavy (non-hydrogen) atoms. The largest absolute Gasteiger partial charge is 0.480 e. The first kappa shape index (κ1) is 30.9. The van der Waals surface area contributed by atoms with Crippen molar-refractivity contribution in [2.75, 3.05) is 65.6 Å². The Labute approximate surface area is 222 Å². The van der Waals surface area contributed by atoms with Gasteiger partial charge >= 0.3 is 17.9 Å². The molecule has 13 heteroatoms. The minimum absolute atomic E-state index is 0. The van der Waals surface area contributed by atoms with E-state index in [4.69, 9.17) is 4.74 Å². The van der Waals surface area contributed by atoms with Crippen molar-refractivity contribution in [2.45, 2.75) is 12.5 Å². The first-order valence-electron chi connectivity index (χ1n) is 10.9. The van der Waals surface area contributed by atoms with Gasteiger partial charge in [-0.05, 0) is 36.3 Å². The van der Waals surface area contributed by atoms with Crippen LogP contribution in [0.2, 0.25) is 0 Å². The minimum atomic E-state index is -1.01. The summed E-state index contributed by atoms with van der Waals surface area (Å²) < 4.78 is 5.66. The Bertz CT molecular complexity index is 883. The molecule has 0 spiro atoms. The van der Waals surface area contributed by atoms with Crippen molar-refractivity contribution < 1.29 is 34.4 Å². The van der Waals surface area contributed by atoms with Gasteiger partial charge in [-0.15, -0.1) is 0 Å². The van der Waals surface area contributed by atoms with E-state index in [9.17, 15) is 29.7 Å². The Morgan fingerprint density at radius 1 is 0.914 bits per heavy atom. The van der Waals surface area contributed by atoms with Gasteiger partial charge in [0.15, 0.2) is 0 Å². The minimum Gasteiger partial charge on any atom is -0.480 e. The Balaban J connectivity index is 0.00000612. The summed E-state index contributed by atoms with van der Waals surface area (Å²) in [6.45, 7) is 1.61. The Morgan fingerprint density at radius 3 is 2.09 bits per heavy atom. The van der Waals surface area contributed by atoms with Crippen LogP contribution in [0.1, 0.15) is 5.56 Å². The maximum Gasteiger partial charge on any atom is 0.317 e. The molecule has 0 saturated carbocycles. The van der Waals surface area contributed by atoms with Gasteiger partial charge in [-0.2, -0.15) is 4.99 Å². The predicted octanol–water partition coefficient (Wildman–Crippen LogP) is 0.141. The van der Waals surface area contributed by atoms with E-state index >= 15 is 0 Å². The third-order valence-electron chi connectivity index (χ3n) is 5.43. The summed E-state index contributed by atoms with van der Waals surface area (Å²) in [6.07, 6.45) is 0.476. The van der Waals surface area contributed by atoms with E-state index < -0.39 is 17.9 Å². The molecule has 0 aromatic heterocycles. The van der Waals surface area contributed by atoms with E-state index in [1.54, 1.807) is 26.8 Å². The van der Waals surface area contributed by atoms with Crippen LogP contribution in [0.15, 0.2) is 29.3 Å². The summed E-state index contributed by atoms with van der Waals surface area (Å²) in [5, 5.41) is 30.4. The van der Waals surface area contributed by atoms with E-state index in [2.05, 4.69) is 22.4 Å². The molecule has 2 rings (SSSR count). The molecule has 1 saturated heterocycles. The molecule has 189 valence electrons. The first-order valence-corrected chi connectivity index (χ1v) is 11.3. The molecule has 11 nitrogen and oxygen atoms in total. The standard InChI is InChI=1S/C22H30N4O7S.Ga/c27-20(28)13-24-5-6-25(14-21(29)30)12-19(11-17-1-3-18(4-2-17)23-16-34)26(15-22(31)32)8-10-33-9-7-24;/h1-4,19H,5-15H2,(H,27,28)(H,29,30)(H,31,32);/t19-;/m0./s1/i;1-2. The number of benzene rings is 1. The van der Waals surface area contributed by atoms with Crippen molar-refractivity contribution in [3.8, 4) is 0 Å². The molecular formula is C22H30GaN4O7S. The fourth-order valence-corrected chi connectivity index (χ4v) is 3.96. The molecule has 1 aliphatic rings. The van der Waals surface area contributed by atoms with E-state index in [-0.39, 0.29) is 52.1 Å². The van der Waals surface area contributed by atoms with Gasteiger partial charge in [0, 0.05) is 58.6 Å². The van der Waals surface area contributed by atoms with Crippen LogP contribution in [0, 0.1) is 0 Å². The molecule has 3 radical (unpaired) electrons. The summed E-state index contributed by atoms with van der Waals surface area (Å²) in [5.41, 5.74) is 1.58. The molecule has 1 aromatic rings. The molecule has 1 heterocycles. The van der Waals surface area contributed by atoms with Gasteiger partial charge in [0.25, 0.3) is 0 Å². The average Bonchev–Trinajstić information content (AvgIpc) is 2.75. The van der Waals surface area contributed by atoms with Crippen LogP contribution in [-0.2, 0) is 25.5 Å². The van der Waals surface area contributed by atoms with E-state index in [1.165, 1.54) is 0 Å². The fraction of sp³-hybridized carbons (Fsp3) is 0.545. The maximum absolute atomic E-state index is 11.6. The van der Waals surface area contributed by atoms with Crippen LogP contribution < -0.4 is 0 Å². The molecular weight excluding hydrogens is 532 g/mol. The second kappa shape index (κ2) is 16.6. The van der Waals surface area contributed by atoms with E-state index in [1.807, 2.05) is 12.1 Å². The van der Waals surface area contributed by atoms with Crippen molar-refractivity contribution in [3.63, 3.8) is 0 Å². The molecule has 1 fully saturated rings. The molecule has 1 aliphatic heterocycles. The van der Waals surface area contributed by atoms with Gasteiger partial charge in [-0.25, -0.2) is 0 Å². The van der Waals surface area contributed by atoms with Crippen molar-refractivity contribution in [1.82, 2.24) is 14.7 Å². The Morgan fingerprint density at radius 2 is 1.49 bits per heavy atom. The molecule has 0 aliphatic carbocycles. The number of aliphatic imine (C=N–C) groups is 1. The zero-order chi connectivity index (χ0) is 24.9. The van der Waals surface area contributed by atoms with Crippen LogP contribution in [0.3, 0.4) is 0 Å². The van der Waals surface area contributed by atoms with Crippen LogP contribution in [-0.4, -0.2) is 144 Å². The monoisotopic (exact) mass is 562 g/mol. The summed E-state index contributed by atoms with van der Waals surface area (Å²) in [7, 11) is 0. The maximum atomic E-state index is 11.6. The predicted molar refractivity (Wildman–Crippen MR) is 133 cm³/mol. The number of carboxylic acid groups (broad SMARTS) is 3. The second-order valence-corrected chi connectivity index (χ2v) is 8.19. The van der Waals surface area contributed by atoms with Crippen LogP contribution in [0.4, 0.5) is 5.69 Å². The number of rotatable bonds is 9. The Kier molecular flexibility index (Phi) is 14.6. The number of nitrogens with zero attached hydrogens (tertiary/aromatic N) is 4. The SMILES string of the molecule is O=C(O)CN1CCOCCN(CC(=O)O)[C@@H](Cc2ccc(N=C=S)cc2)CN(CC(=O)O)CC1.[68Ga]. The number of aliphatic carboxylic acids is 3. The van der Waals surface area contributed by atoms with Gasteiger partial charge in [-0.1, -0.05) is 12.1 Å². The van der Waals surface area contributed by atoms with Crippen molar-refractivity contribution in [3.05, 3.63) is 29.8 Å². The van der Waals surface area contributed by atoms with Gasteiger partial charge < -0.3 is 20.1 Å². The zero-order valence-corrected chi connectivity index (χ0v) is 22.7. The molecule has 3 N–H and O–H groups in total. The second-order valence-electron chi connectivity index (χ2n) is 8.00. The molecule has 1 aromatic carbocycles. The summed E-state index contributed by atoms with van der Waals surface area (Å²) >= 11 is 4.62. The normalized spacial score (nSPS) is 18.8. The number of carboxylic acids is 3. The third-order valence-corrected chi connectivity index (χ3v) is 5.52. The number of hydrogen-bond donors (Lipinski definition) is 3. The number of carbonyl (C=O) groups is 3. The fourth-order valence-electron chi connectivity index (χ4n) is 3.85. The molecule has 0 amide bonds. The topological polar surface area (TPSA) is 143 Å². The van der Waals surface area contributed by atoms with Crippen LogP contribution in [0.25, 0.3) is 0 Å². The molecule has 0 unspecified atom stereocenters. The van der Waals surface area contributed by atoms with Gasteiger partial charge in [0.05, 0.1) is 43.7 Å². The van der Waals surface area contributed by atoms with E-state index in [0.29, 0.717) is 51.4 Å².